The zero-order valence-corrected chi connectivity index (χ0v) is 30.3. The average molecular weight is 713 g/mol. The van der Waals surface area contributed by atoms with Crippen molar-refractivity contribution >= 4 is 28.9 Å². The van der Waals surface area contributed by atoms with E-state index in [9.17, 15) is 9.59 Å². The third kappa shape index (κ3) is 9.61. The van der Waals surface area contributed by atoms with Crippen molar-refractivity contribution in [1.82, 2.24) is 30.8 Å². The number of rotatable bonds is 11. The van der Waals surface area contributed by atoms with Crippen LogP contribution in [0.2, 0.25) is 0 Å². The van der Waals surface area contributed by atoms with Crippen LogP contribution in [0.3, 0.4) is 0 Å². The van der Waals surface area contributed by atoms with Crippen molar-refractivity contribution in [2.75, 3.05) is 69.7 Å². The van der Waals surface area contributed by atoms with Gasteiger partial charge in [0.2, 0.25) is 0 Å². The van der Waals surface area contributed by atoms with Crippen LogP contribution in [0.1, 0.15) is 51.1 Å². The number of carbonyl (C=O) groups is 2. The molecule has 0 atom stereocenters. The number of benzene rings is 3. The molecule has 0 unspecified atom stereocenters. The van der Waals surface area contributed by atoms with Gasteiger partial charge in [-0.25, -0.2) is 0 Å². The van der Waals surface area contributed by atoms with E-state index < -0.39 is 0 Å². The van der Waals surface area contributed by atoms with Crippen LogP contribution in [0, 0.1) is 12.8 Å². The van der Waals surface area contributed by atoms with E-state index in [2.05, 4.69) is 63.2 Å². The maximum Gasteiger partial charge on any atom is 0.255 e. The minimum Gasteiger partial charge on any atom is -0.379 e. The van der Waals surface area contributed by atoms with E-state index in [1.165, 1.54) is 12.0 Å². The Morgan fingerprint density at radius 2 is 1.66 bits per heavy atom. The number of anilines is 2. The summed E-state index contributed by atoms with van der Waals surface area (Å²) in [5.74, 6) is -0.401. The third-order valence-electron chi connectivity index (χ3n) is 9.71. The van der Waals surface area contributed by atoms with Gasteiger partial charge in [-0.1, -0.05) is 36.4 Å². The van der Waals surface area contributed by atoms with Gasteiger partial charge in [0.15, 0.2) is 0 Å². The molecule has 4 heterocycles. The van der Waals surface area contributed by atoms with Gasteiger partial charge in [0, 0.05) is 86.7 Å². The lowest BCUT2D eigenvalue weighted by Gasteiger charge is -2.29. The number of carbonyl (C=O) groups excluding carboxylic acids is 2. The number of ether oxygens (including phenoxy) is 1. The minimum atomic E-state index is -0.287. The highest BCUT2D eigenvalue weighted by Gasteiger charge is 2.20. The standard InChI is InChI=1S/C40H46N8O3.C2H2/c1-45(19-20-46-21-23-51-24-22-46)40(50)33-12-8-11-32(25-33)39(49)42-36-14-13-34(47-17-6-3-7-18-47)27-35(36)37-26-31(15-16-41-37)38-29-48(44-43-38)28-30-9-4-2-5-10-30;1-2/h2,4-5,8-16,25-27,29,43-44H,3,6-7,17-24,28H2,1H3,(H,42,49);1-2H. The zero-order valence-electron chi connectivity index (χ0n) is 30.3. The highest BCUT2D eigenvalue weighted by Crippen LogP contribution is 2.34. The molecule has 0 bridgehead atoms. The predicted octanol–water partition coefficient (Wildman–Crippen LogP) is 5.47. The number of nitrogens with zero attached hydrogens (tertiary/aromatic N) is 5. The number of hydrazine groups is 2. The van der Waals surface area contributed by atoms with Gasteiger partial charge in [-0.15, -0.1) is 18.4 Å². The molecule has 3 aliphatic rings. The lowest BCUT2D eigenvalue weighted by molar-refractivity contribution is 0.0338. The van der Waals surface area contributed by atoms with Crippen LogP contribution in [0.5, 0.6) is 0 Å². The molecule has 1 aromatic heterocycles. The summed E-state index contributed by atoms with van der Waals surface area (Å²) in [7, 11) is 1.81. The Kier molecular flexibility index (Phi) is 12.7. The Labute approximate surface area is 312 Å². The number of piperidine rings is 1. The molecule has 4 aromatic rings. The summed E-state index contributed by atoms with van der Waals surface area (Å²) in [6, 6.07) is 27.4. The summed E-state index contributed by atoms with van der Waals surface area (Å²) < 4.78 is 5.44. The smallest absolute Gasteiger partial charge is 0.255 e. The maximum atomic E-state index is 13.8. The maximum absolute atomic E-state index is 13.8. The Morgan fingerprint density at radius 3 is 2.45 bits per heavy atom. The fraction of sp³-hybridized carbons (Fsp3) is 0.310. The first-order valence-electron chi connectivity index (χ1n) is 18.2. The van der Waals surface area contributed by atoms with Crippen LogP contribution in [0.15, 0.2) is 97.3 Å². The van der Waals surface area contributed by atoms with Crippen molar-refractivity contribution in [3.05, 3.63) is 120 Å². The summed E-state index contributed by atoms with van der Waals surface area (Å²) in [4.78, 5) is 38.4. The van der Waals surface area contributed by atoms with Crippen LogP contribution in [-0.2, 0) is 11.3 Å². The number of likely N-dealkylation sites (N-methyl/N-ethyl adjacent to an activating group) is 1. The Morgan fingerprint density at radius 1 is 0.887 bits per heavy atom. The van der Waals surface area contributed by atoms with Gasteiger partial charge < -0.3 is 25.3 Å². The molecule has 0 saturated carbocycles. The van der Waals surface area contributed by atoms with Gasteiger partial charge in [-0.2, -0.15) is 0 Å². The number of hydrogen-bond acceptors (Lipinski definition) is 9. The van der Waals surface area contributed by atoms with Crippen LogP contribution < -0.4 is 21.2 Å². The quantitative estimate of drug-likeness (QED) is 0.175. The molecule has 3 N–H and O–H groups in total. The van der Waals surface area contributed by atoms with Gasteiger partial charge in [-0.05, 0) is 73.4 Å². The number of hydrogen-bond donors (Lipinski definition) is 3. The van der Waals surface area contributed by atoms with Gasteiger partial charge in [0.05, 0.1) is 36.8 Å². The predicted molar refractivity (Wildman–Crippen MR) is 210 cm³/mol. The summed E-state index contributed by atoms with van der Waals surface area (Å²) in [5.41, 5.74) is 13.8. The lowest BCUT2D eigenvalue weighted by Crippen LogP contribution is -2.41. The molecule has 11 heteroatoms. The Balaban J connectivity index is 0.00000236. The molecule has 53 heavy (non-hydrogen) atoms. The number of nitrogens with one attached hydrogen (secondary N) is 3. The van der Waals surface area contributed by atoms with Crippen molar-refractivity contribution in [3.63, 3.8) is 0 Å². The highest BCUT2D eigenvalue weighted by atomic mass is 16.5. The molecule has 0 radical (unpaired) electrons. The van der Waals surface area contributed by atoms with Crippen molar-refractivity contribution in [3.8, 4) is 24.1 Å². The summed E-state index contributed by atoms with van der Waals surface area (Å²) in [6.07, 6.45) is 15.4. The lowest BCUT2D eigenvalue weighted by atomic mass is 10.0. The monoisotopic (exact) mass is 712 g/mol. The van der Waals surface area contributed by atoms with Crippen molar-refractivity contribution in [2.45, 2.75) is 25.8 Å². The normalized spacial score (nSPS) is 15.8. The molecule has 11 nitrogen and oxygen atoms in total. The van der Waals surface area contributed by atoms with Crippen LogP contribution in [-0.4, -0.2) is 91.1 Å². The Hall–Kier alpha value is -5.67. The molecule has 3 aliphatic heterocycles. The number of aromatic nitrogens is 1. The molecule has 0 spiro atoms. The molecular weight excluding hydrogens is 665 g/mol. The molecule has 3 aromatic carbocycles. The number of morpholine rings is 1. The van der Waals surface area contributed by atoms with E-state index in [-0.39, 0.29) is 11.8 Å². The fourth-order valence-corrected chi connectivity index (χ4v) is 6.74. The van der Waals surface area contributed by atoms with E-state index in [1.54, 1.807) is 42.4 Å². The van der Waals surface area contributed by atoms with E-state index in [4.69, 9.17) is 9.72 Å². The fourth-order valence-electron chi connectivity index (χ4n) is 6.74. The second-order valence-corrected chi connectivity index (χ2v) is 13.3. The van der Waals surface area contributed by atoms with Crippen LogP contribution in [0.25, 0.3) is 17.0 Å². The number of terminal acetylenes is 1. The van der Waals surface area contributed by atoms with E-state index in [0.29, 0.717) is 29.9 Å². The largest absolute Gasteiger partial charge is 0.379 e. The first-order chi connectivity index (χ1) is 26.0. The van der Waals surface area contributed by atoms with Crippen LogP contribution >= 0.6 is 0 Å². The van der Waals surface area contributed by atoms with Crippen molar-refractivity contribution < 1.29 is 14.3 Å². The van der Waals surface area contributed by atoms with Crippen molar-refractivity contribution in [2.24, 2.45) is 0 Å². The average Bonchev–Trinajstić information content (AvgIpc) is 3.70. The minimum absolute atomic E-state index is 0.114. The molecule has 2 fully saturated rings. The van der Waals surface area contributed by atoms with E-state index in [0.717, 1.165) is 87.0 Å². The summed E-state index contributed by atoms with van der Waals surface area (Å²) >= 11 is 0. The third-order valence-corrected chi connectivity index (χ3v) is 9.71. The molecule has 7 rings (SSSR count). The highest BCUT2D eigenvalue weighted by molar-refractivity contribution is 6.08. The molecule has 274 valence electrons. The van der Waals surface area contributed by atoms with Gasteiger partial charge in [-0.3, -0.25) is 24.5 Å². The first-order valence-corrected chi connectivity index (χ1v) is 18.2. The molecule has 0 aliphatic carbocycles. The SMILES string of the molecule is C#C.CN(CCN1CCOCC1)C(=O)c1cccc(C(=O)Nc2ccc(N3CCCCC3)cc2-c2cc(C3=CN(Cc4ccccc4)NN3)ccn2)c1. The zero-order chi connectivity index (χ0) is 37.0. The topological polar surface area (TPSA) is 105 Å². The Bertz CT molecular complexity index is 1900. The molecule has 2 amide bonds. The second-order valence-electron chi connectivity index (χ2n) is 13.3. The first kappa shape index (κ1) is 37.1. The number of amides is 2. The molecular formula is C42H48N8O3. The summed E-state index contributed by atoms with van der Waals surface area (Å²) in [6.45, 7) is 7.28. The second kappa shape index (κ2) is 18.2. The van der Waals surface area contributed by atoms with Gasteiger partial charge in [0.1, 0.15) is 0 Å². The van der Waals surface area contributed by atoms with Crippen molar-refractivity contribution in [1.29, 1.82) is 0 Å². The summed E-state index contributed by atoms with van der Waals surface area (Å²) in [5, 5.41) is 5.16. The van der Waals surface area contributed by atoms with E-state index in [1.807, 2.05) is 47.6 Å². The van der Waals surface area contributed by atoms with E-state index >= 15 is 0 Å². The van der Waals surface area contributed by atoms with Gasteiger partial charge >= 0.3 is 0 Å². The van der Waals surface area contributed by atoms with Gasteiger partial charge in [0.25, 0.3) is 11.8 Å². The number of pyridine rings is 1. The van der Waals surface area contributed by atoms with Crippen LogP contribution in [0.4, 0.5) is 11.4 Å². The molecule has 2 saturated heterocycles.